The minimum absolute atomic E-state index is 0.0996. The number of pyridine rings is 1. The van der Waals surface area contributed by atoms with Gasteiger partial charge in [0.1, 0.15) is 11.4 Å². The van der Waals surface area contributed by atoms with Crippen LogP contribution in [-0.2, 0) is 41.6 Å². The second-order valence-corrected chi connectivity index (χ2v) is 8.06. The molecule has 0 spiro atoms. The van der Waals surface area contributed by atoms with Gasteiger partial charge in [0.05, 0.1) is 24.1 Å². The number of anilines is 1. The van der Waals surface area contributed by atoms with Crippen LogP contribution in [0.25, 0.3) is 0 Å². The van der Waals surface area contributed by atoms with Gasteiger partial charge >= 0.3 is 6.18 Å². The van der Waals surface area contributed by atoms with Crippen molar-refractivity contribution in [1.82, 2.24) is 45.4 Å². The number of carbonyl (C=O) groups is 1. The lowest BCUT2D eigenvalue weighted by molar-refractivity contribution is -0.141. The van der Waals surface area contributed by atoms with Gasteiger partial charge in [-0.05, 0) is 27.8 Å². The molecule has 160 valence electrons. The van der Waals surface area contributed by atoms with Crippen molar-refractivity contribution in [2.45, 2.75) is 17.7 Å². The molecule has 0 radical (unpaired) electrons. The topological polar surface area (TPSA) is 163 Å². The number of aryl methyl sites for hydroxylation is 2. The Labute approximate surface area is 166 Å². The molecule has 0 aromatic carbocycles. The molecule has 0 aliphatic rings. The third-order valence-electron chi connectivity index (χ3n) is 3.61. The molecule has 0 aliphatic heterocycles. The average Bonchev–Trinajstić information content (AvgIpc) is 3.21. The molecule has 3 aromatic heterocycles. The van der Waals surface area contributed by atoms with Crippen molar-refractivity contribution in [1.29, 1.82) is 0 Å². The van der Waals surface area contributed by atoms with Crippen molar-refractivity contribution >= 4 is 21.7 Å². The fraction of sp³-hybridized carbons (Fsp3) is 0.385. The monoisotopic (exact) mass is 446 g/mol. The van der Waals surface area contributed by atoms with E-state index < -0.39 is 44.8 Å². The fourth-order valence-electron chi connectivity index (χ4n) is 2.32. The highest BCUT2D eigenvalue weighted by Gasteiger charge is 2.34. The normalized spacial score (nSPS) is 12.2. The van der Waals surface area contributed by atoms with Crippen molar-refractivity contribution in [3.8, 4) is 0 Å². The molecule has 0 saturated carbocycles. The Morgan fingerprint density at radius 3 is 2.43 bits per heavy atom. The van der Waals surface area contributed by atoms with E-state index in [1.54, 1.807) is 0 Å². The molecule has 3 heterocycles. The van der Waals surface area contributed by atoms with Gasteiger partial charge < -0.3 is 0 Å². The minimum atomic E-state index is -4.84. The Hall–Kier alpha value is -3.50. The van der Waals surface area contributed by atoms with Crippen LogP contribution in [0, 0.1) is 0 Å². The summed E-state index contributed by atoms with van der Waals surface area (Å²) in [6.07, 6.45) is -4.84. The number of carbonyl (C=O) groups excluding carboxylic acids is 1. The molecule has 0 fully saturated rings. The van der Waals surface area contributed by atoms with Gasteiger partial charge in [0, 0.05) is 7.05 Å². The highest BCUT2D eigenvalue weighted by molar-refractivity contribution is 7.89. The number of aromatic nitrogens is 9. The van der Waals surface area contributed by atoms with Crippen LogP contribution < -0.4 is 5.32 Å². The first-order valence-corrected chi connectivity index (χ1v) is 9.81. The predicted molar refractivity (Wildman–Crippen MR) is 91.1 cm³/mol. The molecule has 1 amide bonds. The maximum Gasteiger partial charge on any atom is 0.433 e. The third kappa shape index (κ3) is 4.91. The molecule has 3 aromatic rings. The lowest BCUT2D eigenvalue weighted by atomic mass is 10.1. The van der Waals surface area contributed by atoms with Crippen LogP contribution in [0.4, 0.5) is 19.1 Å². The summed E-state index contributed by atoms with van der Waals surface area (Å²) in [6, 6.07) is 1.41. The Morgan fingerprint density at radius 1 is 1.13 bits per heavy atom. The van der Waals surface area contributed by atoms with E-state index >= 15 is 0 Å². The Bertz CT molecular complexity index is 1190. The number of alkyl halides is 3. The first kappa shape index (κ1) is 21.2. The summed E-state index contributed by atoms with van der Waals surface area (Å²) in [4.78, 5) is 16.9. The largest absolute Gasteiger partial charge is 0.433 e. The summed E-state index contributed by atoms with van der Waals surface area (Å²) in [6.45, 7) is 0. The van der Waals surface area contributed by atoms with Crippen molar-refractivity contribution in [2.75, 3.05) is 5.32 Å². The van der Waals surface area contributed by atoms with E-state index in [1.165, 1.54) is 14.1 Å². The van der Waals surface area contributed by atoms with E-state index in [1.807, 2.05) is 0 Å². The number of rotatable bonds is 6. The SMILES string of the molecule is Cn1nnc(CS(=O)(=O)Cc2nc(C(F)(F)F)ccc2C(=O)Nc2nnnn2C)n1. The maximum absolute atomic E-state index is 13.1. The summed E-state index contributed by atoms with van der Waals surface area (Å²) in [5.41, 5.74) is -2.33. The second-order valence-electron chi connectivity index (χ2n) is 6.00. The van der Waals surface area contributed by atoms with E-state index in [0.29, 0.717) is 6.07 Å². The van der Waals surface area contributed by atoms with Crippen LogP contribution in [0.15, 0.2) is 12.1 Å². The number of hydrogen-bond donors (Lipinski definition) is 1. The second kappa shape index (κ2) is 7.73. The Kier molecular flexibility index (Phi) is 5.47. The van der Waals surface area contributed by atoms with Crippen molar-refractivity contribution < 1.29 is 26.4 Å². The first-order chi connectivity index (χ1) is 13.9. The van der Waals surface area contributed by atoms with Crippen LogP contribution in [0.1, 0.15) is 27.6 Å². The Balaban J connectivity index is 1.95. The zero-order chi connectivity index (χ0) is 22.1. The van der Waals surface area contributed by atoms with Gasteiger partial charge in [-0.3, -0.25) is 10.1 Å². The summed E-state index contributed by atoms with van der Waals surface area (Å²) < 4.78 is 65.3. The molecular weight excluding hydrogens is 433 g/mol. The molecule has 13 nitrogen and oxygen atoms in total. The highest BCUT2D eigenvalue weighted by atomic mass is 32.2. The zero-order valence-electron chi connectivity index (χ0n) is 15.4. The van der Waals surface area contributed by atoms with E-state index in [2.05, 4.69) is 41.2 Å². The zero-order valence-corrected chi connectivity index (χ0v) is 16.2. The standard InChI is InChI=1S/C13H13F3N10O3S/c1-25-12(20-22-24-25)18-11(27)7-3-4-9(13(14,15)16)17-8(7)5-30(28,29)6-10-19-23-26(2)21-10/h3-4H,5-6H2,1-2H3,(H,18,20,24,27). The smallest absolute Gasteiger partial charge is 0.289 e. The fourth-order valence-corrected chi connectivity index (χ4v) is 3.56. The van der Waals surface area contributed by atoms with E-state index in [0.717, 1.165) is 15.5 Å². The maximum atomic E-state index is 13.1. The van der Waals surface area contributed by atoms with E-state index in [4.69, 9.17) is 0 Å². The molecule has 1 N–H and O–H groups in total. The number of nitrogens with zero attached hydrogens (tertiary/aromatic N) is 9. The molecule has 17 heteroatoms. The molecule has 0 aliphatic carbocycles. The van der Waals surface area contributed by atoms with Gasteiger partial charge in [0.2, 0.25) is 5.95 Å². The van der Waals surface area contributed by atoms with E-state index in [-0.39, 0.29) is 17.3 Å². The van der Waals surface area contributed by atoms with Crippen molar-refractivity contribution in [2.24, 2.45) is 14.1 Å². The third-order valence-corrected chi connectivity index (χ3v) is 5.02. The molecular formula is C13H13F3N10O3S. The van der Waals surface area contributed by atoms with Crippen LogP contribution in [0.2, 0.25) is 0 Å². The van der Waals surface area contributed by atoms with Crippen molar-refractivity contribution in [3.63, 3.8) is 0 Å². The van der Waals surface area contributed by atoms with Gasteiger partial charge in [-0.1, -0.05) is 5.10 Å². The van der Waals surface area contributed by atoms with Crippen LogP contribution >= 0.6 is 0 Å². The molecule has 30 heavy (non-hydrogen) atoms. The molecule has 0 unspecified atom stereocenters. The molecule has 0 bridgehead atoms. The molecule has 3 rings (SSSR count). The lowest BCUT2D eigenvalue weighted by Gasteiger charge is -2.12. The lowest BCUT2D eigenvalue weighted by Crippen LogP contribution is -2.21. The minimum Gasteiger partial charge on any atom is -0.289 e. The summed E-state index contributed by atoms with van der Waals surface area (Å²) in [5.74, 6) is -2.85. The summed E-state index contributed by atoms with van der Waals surface area (Å²) >= 11 is 0. The number of nitrogens with one attached hydrogen (secondary N) is 1. The van der Waals surface area contributed by atoms with Gasteiger partial charge in [-0.25, -0.2) is 18.1 Å². The number of halogens is 3. The average molecular weight is 446 g/mol. The number of amides is 1. The van der Waals surface area contributed by atoms with Crippen LogP contribution in [-0.4, -0.2) is 59.7 Å². The molecule has 0 atom stereocenters. The van der Waals surface area contributed by atoms with E-state index in [9.17, 15) is 26.4 Å². The quantitative estimate of drug-likeness (QED) is 0.523. The number of sulfone groups is 1. The summed E-state index contributed by atoms with van der Waals surface area (Å²) in [7, 11) is -1.26. The Morgan fingerprint density at radius 2 is 1.87 bits per heavy atom. The van der Waals surface area contributed by atoms with Gasteiger partial charge in [0.25, 0.3) is 5.91 Å². The van der Waals surface area contributed by atoms with Gasteiger partial charge in [0.15, 0.2) is 15.7 Å². The summed E-state index contributed by atoms with van der Waals surface area (Å²) in [5, 5.41) is 23.4. The van der Waals surface area contributed by atoms with Crippen LogP contribution in [0.3, 0.4) is 0 Å². The van der Waals surface area contributed by atoms with Crippen LogP contribution in [0.5, 0.6) is 0 Å². The number of tetrazole rings is 2. The first-order valence-electron chi connectivity index (χ1n) is 7.99. The molecule has 0 saturated heterocycles. The highest BCUT2D eigenvalue weighted by Crippen LogP contribution is 2.29. The number of hydrogen-bond acceptors (Lipinski definition) is 10. The van der Waals surface area contributed by atoms with Gasteiger partial charge in [-0.15, -0.1) is 10.2 Å². The van der Waals surface area contributed by atoms with Gasteiger partial charge in [-0.2, -0.15) is 18.0 Å². The predicted octanol–water partition coefficient (Wildman–Crippen LogP) is -0.485. The van der Waals surface area contributed by atoms with Crippen molar-refractivity contribution in [3.05, 3.63) is 34.9 Å².